The molecular weight excluding hydrogens is 74.1 g/mol. The number of hydrogen-bond donors (Lipinski definition) is 1. The molecule has 0 spiro atoms. The zero-order valence-electron chi connectivity index (χ0n) is 3.78. The van der Waals surface area contributed by atoms with Gasteiger partial charge in [0.1, 0.15) is 0 Å². The predicted molar refractivity (Wildman–Crippen MR) is 24.5 cm³/mol. The van der Waals surface area contributed by atoms with E-state index in [9.17, 15) is 0 Å². The van der Waals surface area contributed by atoms with Crippen molar-refractivity contribution in [3.8, 4) is 0 Å². The number of rotatable bonds is 0. The molecule has 0 aromatic rings. The van der Waals surface area contributed by atoms with Gasteiger partial charge in [0.15, 0.2) is 0 Å². The van der Waals surface area contributed by atoms with E-state index in [1.54, 1.807) is 11.1 Å². The fraction of sp³-hybridized carbons (Fsp3) is 0.600. The molecule has 1 fully saturated rings. The molecule has 1 N–H and O–H groups in total. The van der Waals surface area contributed by atoms with Gasteiger partial charge in [-0.15, -0.1) is 0 Å². The zero-order chi connectivity index (χ0) is 4.15. The molecule has 2 rings (SSSR count). The first-order valence-electron chi connectivity index (χ1n) is 2.32. The highest BCUT2D eigenvalue weighted by molar-refractivity contribution is 5.51. The molecule has 0 radical (unpaired) electrons. The molecule has 2 aliphatic rings. The predicted octanol–water partition coefficient (Wildman–Crippen LogP) is 0.288. The van der Waals surface area contributed by atoms with Gasteiger partial charge in [0, 0.05) is 6.54 Å². The second kappa shape index (κ2) is 0.562. The minimum Gasteiger partial charge on any atom is -0.303 e. The summed E-state index contributed by atoms with van der Waals surface area (Å²) in [7, 11) is 0. The molecule has 0 saturated carbocycles. The van der Waals surface area contributed by atoms with Gasteiger partial charge in [0.2, 0.25) is 0 Å². The van der Waals surface area contributed by atoms with E-state index >= 15 is 0 Å². The fourth-order valence-corrected chi connectivity index (χ4v) is 0.989. The van der Waals surface area contributed by atoms with Gasteiger partial charge in [-0.1, -0.05) is 0 Å². The van der Waals surface area contributed by atoms with Gasteiger partial charge < -0.3 is 5.32 Å². The third kappa shape index (κ3) is 0.125. The van der Waals surface area contributed by atoms with Crippen molar-refractivity contribution in [3.05, 3.63) is 11.1 Å². The van der Waals surface area contributed by atoms with Crippen LogP contribution in [-0.4, -0.2) is 12.6 Å². The van der Waals surface area contributed by atoms with Crippen molar-refractivity contribution in [1.29, 1.82) is 0 Å². The van der Waals surface area contributed by atoms with Crippen LogP contribution in [0.4, 0.5) is 0 Å². The van der Waals surface area contributed by atoms with Crippen LogP contribution in [0.2, 0.25) is 0 Å². The number of nitrogens with one attached hydrogen (secondary N) is 1. The Morgan fingerprint density at radius 2 is 2.50 bits per heavy atom. The summed E-state index contributed by atoms with van der Waals surface area (Å²) in [5.41, 5.74) is 3.25. The van der Waals surface area contributed by atoms with Crippen LogP contribution in [0.5, 0.6) is 0 Å². The van der Waals surface area contributed by atoms with Crippen LogP contribution < -0.4 is 5.32 Å². The maximum atomic E-state index is 3.26. The molecule has 0 aromatic heterocycles. The van der Waals surface area contributed by atoms with Crippen molar-refractivity contribution < 1.29 is 0 Å². The maximum Gasteiger partial charge on any atom is 0.0514 e. The van der Waals surface area contributed by atoms with Gasteiger partial charge in [0.05, 0.1) is 6.04 Å². The number of fused-ring (bicyclic) bond motifs is 1. The van der Waals surface area contributed by atoms with Crippen molar-refractivity contribution in [1.82, 2.24) is 5.32 Å². The average Bonchev–Trinajstić information content (AvgIpc) is 1.63. The Bertz CT molecular complexity index is 118. The lowest BCUT2D eigenvalue weighted by Crippen LogP contribution is -2.31. The Morgan fingerprint density at radius 1 is 1.83 bits per heavy atom. The molecule has 1 heterocycles. The molecule has 1 nitrogen and oxygen atoms in total. The monoisotopic (exact) mass is 81.1 g/mol. The van der Waals surface area contributed by atoms with E-state index in [-0.39, 0.29) is 0 Å². The van der Waals surface area contributed by atoms with Crippen LogP contribution in [0.25, 0.3) is 0 Å². The van der Waals surface area contributed by atoms with Crippen LogP contribution >= 0.6 is 0 Å². The van der Waals surface area contributed by atoms with E-state index < -0.39 is 0 Å². The Morgan fingerprint density at radius 3 is 2.50 bits per heavy atom. The van der Waals surface area contributed by atoms with E-state index in [1.165, 1.54) is 6.54 Å². The molecule has 0 bridgehead atoms. The lowest BCUT2D eigenvalue weighted by Gasteiger charge is -2.09. The summed E-state index contributed by atoms with van der Waals surface area (Å²) >= 11 is 0. The Labute approximate surface area is 37.0 Å². The van der Waals surface area contributed by atoms with Crippen LogP contribution in [0, 0.1) is 0 Å². The molecule has 1 aliphatic carbocycles. The van der Waals surface area contributed by atoms with Crippen molar-refractivity contribution in [2.45, 2.75) is 13.0 Å². The highest BCUT2D eigenvalue weighted by Gasteiger charge is 2.39. The van der Waals surface area contributed by atoms with E-state index in [0.29, 0.717) is 0 Å². The van der Waals surface area contributed by atoms with Gasteiger partial charge in [0.25, 0.3) is 0 Å². The molecule has 32 valence electrons. The first-order chi connectivity index (χ1) is 2.89. The lowest BCUT2D eigenvalue weighted by atomic mass is 10.3. The molecule has 1 aliphatic heterocycles. The highest BCUT2D eigenvalue weighted by Crippen LogP contribution is 2.36. The summed E-state index contributed by atoms with van der Waals surface area (Å²) in [5, 5.41) is 3.26. The Balaban J connectivity index is 2.32. The lowest BCUT2D eigenvalue weighted by molar-refractivity contribution is 0.656. The van der Waals surface area contributed by atoms with E-state index in [2.05, 4.69) is 12.2 Å². The van der Waals surface area contributed by atoms with Gasteiger partial charge in [-0.3, -0.25) is 0 Å². The molecule has 0 aromatic carbocycles. The summed E-state index contributed by atoms with van der Waals surface area (Å²) in [4.78, 5) is 0. The second-order valence-corrected chi connectivity index (χ2v) is 2.02. The quantitative estimate of drug-likeness (QED) is 0.413. The zero-order valence-corrected chi connectivity index (χ0v) is 3.78. The molecule has 6 heavy (non-hydrogen) atoms. The Kier molecular flexibility index (Phi) is 0.263. The van der Waals surface area contributed by atoms with Crippen LogP contribution in [0.3, 0.4) is 0 Å². The second-order valence-electron chi connectivity index (χ2n) is 2.02. The van der Waals surface area contributed by atoms with Crippen molar-refractivity contribution in [2.75, 3.05) is 6.54 Å². The standard InChI is InChI=1S/C5H7N/c1-3-4-2-6-5(3)4/h5-6H,2H2,1H3. The first kappa shape index (κ1) is 2.80. The highest BCUT2D eigenvalue weighted by atomic mass is 15.0. The van der Waals surface area contributed by atoms with E-state index in [0.717, 1.165) is 6.04 Å². The van der Waals surface area contributed by atoms with Gasteiger partial charge in [-0.05, 0) is 18.1 Å². The summed E-state index contributed by atoms with van der Waals surface area (Å²) in [5.74, 6) is 0. The smallest absolute Gasteiger partial charge is 0.0514 e. The summed E-state index contributed by atoms with van der Waals surface area (Å²) in [6, 6.07) is 0.782. The van der Waals surface area contributed by atoms with E-state index in [4.69, 9.17) is 0 Å². The molecule has 1 atom stereocenters. The molecule has 1 unspecified atom stereocenters. The maximum absolute atomic E-state index is 3.26. The van der Waals surface area contributed by atoms with Crippen LogP contribution in [0.15, 0.2) is 11.1 Å². The van der Waals surface area contributed by atoms with Crippen LogP contribution in [0.1, 0.15) is 6.92 Å². The van der Waals surface area contributed by atoms with Gasteiger partial charge in [-0.25, -0.2) is 0 Å². The van der Waals surface area contributed by atoms with Gasteiger partial charge in [-0.2, -0.15) is 0 Å². The van der Waals surface area contributed by atoms with Crippen molar-refractivity contribution >= 4 is 0 Å². The Hall–Kier alpha value is -0.300. The van der Waals surface area contributed by atoms with Crippen LogP contribution in [-0.2, 0) is 0 Å². The molecule has 0 amide bonds. The fourth-order valence-electron chi connectivity index (χ4n) is 0.989. The SMILES string of the molecule is CC1=C2CNC12. The van der Waals surface area contributed by atoms with Crippen molar-refractivity contribution in [2.24, 2.45) is 0 Å². The first-order valence-corrected chi connectivity index (χ1v) is 2.32. The van der Waals surface area contributed by atoms with Gasteiger partial charge >= 0.3 is 0 Å². The normalized spacial score (nSPS) is 38.5. The third-order valence-corrected chi connectivity index (χ3v) is 1.70. The summed E-state index contributed by atoms with van der Waals surface area (Å²) < 4.78 is 0. The third-order valence-electron chi connectivity index (χ3n) is 1.70. The average molecular weight is 81.1 g/mol. The topological polar surface area (TPSA) is 12.0 Å². The molecular formula is C5H7N. The number of hydrogen-bond acceptors (Lipinski definition) is 1. The largest absolute Gasteiger partial charge is 0.303 e. The van der Waals surface area contributed by atoms with Crippen molar-refractivity contribution in [3.63, 3.8) is 0 Å². The molecule has 1 heteroatoms. The summed E-state index contributed by atoms with van der Waals surface area (Å²) in [6.45, 7) is 3.37. The van der Waals surface area contributed by atoms with E-state index in [1.807, 2.05) is 0 Å². The minimum atomic E-state index is 0.782. The summed E-state index contributed by atoms with van der Waals surface area (Å²) in [6.07, 6.45) is 0. The minimum absolute atomic E-state index is 0.782. The molecule has 1 saturated heterocycles.